The smallest absolute Gasteiger partial charge is 0.154 e. The van der Waals surface area contributed by atoms with Crippen LogP contribution in [0.2, 0.25) is 0 Å². The molecule has 0 atom stereocenters. The minimum absolute atomic E-state index is 0.00474. The minimum Gasteiger partial charge on any atom is -0.399 e. The lowest BCUT2D eigenvalue weighted by Crippen LogP contribution is -2.12. The first-order valence-electron chi connectivity index (χ1n) is 4.90. The maximum absolute atomic E-state index is 11.5. The summed E-state index contributed by atoms with van der Waals surface area (Å²) in [5, 5.41) is 0. The zero-order valence-corrected chi connectivity index (χ0v) is 9.83. The number of hydrogen-bond acceptors (Lipinski definition) is 4. The van der Waals surface area contributed by atoms with Crippen LogP contribution < -0.4 is 11.5 Å². The van der Waals surface area contributed by atoms with Crippen LogP contribution in [-0.4, -0.2) is 19.9 Å². The van der Waals surface area contributed by atoms with Gasteiger partial charge in [0.1, 0.15) is 0 Å². The third kappa shape index (κ3) is 3.58. The minimum atomic E-state index is -3.07. The summed E-state index contributed by atoms with van der Waals surface area (Å²) in [6.07, 6.45) is 1.77. The molecule has 88 valence electrons. The lowest BCUT2D eigenvalue weighted by Gasteiger charge is -2.06. The van der Waals surface area contributed by atoms with E-state index in [2.05, 4.69) is 6.58 Å². The van der Waals surface area contributed by atoms with Gasteiger partial charge in [0.15, 0.2) is 9.84 Å². The number of rotatable bonds is 5. The lowest BCUT2D eigenvalue weighted by molar-refractivity contribution is 0.598. The maximum Gasteiger partial charge on any atom is 0.154 e. The Hall–Kier alpha value is -1.49. The van der Waals surface area contributed by atoms with Gasteiger partial charge < -0.3 is 11.5 Å². The highest BCUT2D eigenvalue weighted by molar-refractivity contribution is 7.91. The molecule has 0 saturated carbocycles. The second-order valence-corrected chi connectivity index (χ2v) is 5.84. The van der Waals surface area contributed by atoms with Crippen molar-refractivity contribution >= 4 is 21.2 Å². The molecule has 1 rings (SSSR count). The average Bonchev–Trinajstić information content (AvgIpc) is 2.19. The van der Waals surface area contributed by atoms with Crippen molar-refractivity contribution in [2.45, 2.75) is 6.42 Å². The van der Waals surface area contributed by atoms with Crippen LogP contribution in [0.25, 0.3) is 0 Å². The van der Waals surface area contributed by atoms with Crippen LogP contribution in [-0.2, 0) is 16.3 Å². The molecule has 1 aromatic carbocycles. The van der Waals surface area contributed by atoms with E-state index in [1.54, 1.807) is 18.2 Å². The predicted octanol–water partition coefficient (Wildman–Crippen LogP) is 0.994. The summed E-state index contributed by atoms with van der Waals surface area (Å²) < 4.78 is 22.9. The van der Waals surface area contributed by atoms with Crippen LogP contribution >= 0.6 is 0 Å². The van der Waals surface area contributed by atoms with Gasteiger partial charge in [-0.15, -0.1) is 6.58 Å². The fraction of sp³-hybridized carbons (Fsp3) is 0.273. The number of anilines is 2. The standard InChI is InChI=1S/C11H16N2O2S/c1-2-6-16(14,15)7-5-9-8-10(12)3-4-11(9)13/h2-4,8H,1,5-7,12-13H2. The first-order valence-corrected chi connectivity index (χ1v) is 6.72. The highest BCUT2D eigenvalue weighted by Crippen LogP contribution is 2.16. The third-order valence-corrected chi connectivity index (χ3v) is 3.79. The fourth-order valence-electron chi connectivity index (χ4n) is 1.37. The van der Waals surface area contributed by atoms with Gasteiger partial charge in [-0.1, -0.05) is 6.08 Å². The molecule has 0 radical (unpaired) electrons. The van der Waals surface area contributed by atoms with Crippen LogP contribution in [0.15, 0.2) is 30.9 Å². The van der Waals surface area contributed by atoms with Crippen molar-refractivity contribution in [2.24, 2.45) is 0 Å². The number of nitrogens with two attached hydrogens (primary N) is 2. The van der Waals surface area contributed by atoms with Crippen molar-refractivity contribution in [1.82, 2.24) is 0 Å². The SMILES string of the molecule is C=CCS(=O)(=O)CCc1cc(N)ccc1N. The van der Waals surface area contributed by atoms with Gasteiger partial charge in [0.25, 0.3) is 0 Å². The van der Waals surface area contributed by atoms with Gasteiger partial charge >= 0.3 is 0 Å². The molecule has 0 amide bonds. The zero-order chi connectivity index (χ0) is 12.2. The first-order chi connectivity index (χ1) is 7.44. The third-order valence-electron chi connectivity index (χ3n) is 2.22. The summed E-state index contributed by atoms with van der Waals surface area (Å²) in [7, 11) is -3.07. The number of hydrogen-bond donors (Lipinski definition) is 2. The molecule has 0 aliphatic heterocycles. The van der Waals surface area contributed by atoms with Crippen LogP contribution in [0.3, 0.4) is 0 Å². The monoisotopic (exact) mass is 240 g/mol. The summed E-state index contributed by atoms with van der Waals surface area (Å²) in [5.41, 5.74) is 13.3. The lowest BCUT2D eigenvalue weighted by atomic mass is 10.1. The second-order valence-electron chi connectivity index (χ2n) is 3.61. The summed E-state index contributed by atoms with van der Waals surface area (Å²) in [4.78, 5) is 0. The van der Waals surface area contributed by atoms with Gasteiger partial charge in [-0.05, 0) is 30.2 Å². The molecule has 0 fully saturated rings. The Balaban J connectivity index is 2.75. The van der Waals surface area contributed by atoms with Gasteiger partial charge in [-0.25, -0.2) is 8.42 Å². The predicted molar refractivity (Wildman–Crippen MR) is 67.8 cm³/mol. The molecule has 5 heteroatoms. The molecule has 0 aliphatic rings. The van der Waals surface area contributed by atoms with Gasteiger partial charge in [0, 0.05) is 11.4 Å². The van der Waals surface area contributed by atoms with Crippen molar-refractivity contribution in [3.63, 3.8) is 0 Å². The van der Waals surface area contributed by atoms with Crippen molar-refractivity contribution < 1.29 is 8.42 Å². The van der Waals surface area contributed by atoms with Gasteiger partial charge in [-0.3, -0.25) is 0 Å². The molecule has 0 aliphatic carbocycles. The molecular weight excluding hydrogens is 224 g/mol. The van der Waals surface area contributed by atoms with E-state index in [9.17, 15) is 8.42 Å². The Morgan fingerprint density at radius 3 is 2.62 bits per heavy atom. The summed E-state index contributed by atoms with van der Waals surface area (Å²) in [6, 6.07) is 5.08. The molecule has 4 N–H and O–H groups in total. The van der Waals surface area contributed by atoms with E-state index in [1.807, 2.05) is 0 Å². The Morgan fingerprint density at radius 2 is 2.00 bits per heavy atom. The summed E-state index contributed by atoms with van der Waals surface area (Å²) >= 11 is 0. The highest BCUT2D eigenvalue weighted by Gasteiger charge is 2.10. The van der Waals surface area contributed by atoms with E-state index < -0.39 is 9.84 Å². The average molecular weight is 240 g/mol. The van der Waals surface area contributed by atoms with E-state index in [-0.39, 0.29) is 11.5 Å². The van der Waals surface area contributed by atoms with Crippen molar-refractivity contribution in [1.29, 1.82) is 0 Å². The Kier molecular flexibility index (Phi) is 3.95. The van der Waals surface area contributed by atoms with Crippen LogP contribution in [0.4, 0.5) is 11.4 Å². The van der Waals surface area contributed by atoms with Crippen LogP contribution in [0.5, 0.6) is 0 Å². The zero-order valence-electron chi connectivity index (χ0n) is 9.02. The molecule has 0 heterocycles. The van der Waals surface area contributed by atoms with Crippen LogP contribution in [0.1, 0.15) is 5.56 Å². The van der Waals surface area contributed by atoms with Gasteiger partial charge in [0.05, 0.1) is 11.5 Å². The summed E-state index contributed by atoms with van der Waals surface area (Å²) in [6.45, 7) is 3.41. The Bertz CT molecular complexity index is 481. The fourth-order valence-corrected chi connectivity index (χ4v) is 2.43. The highest BCUT2D eigenvalue weighted by atomic mass is 32.2. The number of nitrogen functional groups attached to an aromatic ring is 2. The topological polar surface area (TPSA) is 86.2 Å². The molecule has 0 bridgehead atoms. The first kappa shape index (κ1) is 12.6. The molecule has 1 aromatic rings. The molecule has 0 saturated heterocycles. The summed E-state index contributed by atoms with van der Waals surface area (Å²) in [5.74, 6) is 0.0574. The van der Waals surface area contributed by atoms with E-state index in [1.165, 1.54) is 6.08 Å². The molecule has 4 nitrogen and oxygen atoms in total. The van der Waals surface area contributed by atoms with Crippen molar-refractivity contribution in [3.05, 3.63) is 36.4 Å². The van der Waals surface area contributed by atoms with E-state index in [0.717, 1.165) is 5.56 Å². The van der Waals surface area contributed by atoms with E-state index in [4.69, 9.17) is 11.5 Å². The van der Waals surface area contributed by atoms with E-state index in [0.29, 0.717) is 17.8 Å². The maximum atomic E-state index is 11.5. The largest absolute Gasteiger partial charge is 0.399 e. The quantitative estimate of drug-likeness (QED) is 0.593. The van der Waals surface area contributed by atoms with Gasteiger partial charge in [-0.2, -0.15) is 0 Å². The molecular formula is C11H16N2O2S. The molecule has 16 heavy (non-hydrogen) atoms. The van der Waals surface area contributed by atoms with Gasteiger partial charge in [0.2, 0.25) is 0 Å². The number of benzene rings is 1. The van der Waals surface area contributed by atoms with Crippen LogP contribution in [0, 0.1) is 0 Å². The normalized spacial score (nSPS) is 11.2. The second kappa shape index (κ2) is 5.03. The number of aryl methyl sites for hydroxylation is 1. The van der Waals surface area contributed by atoms with E-state index >= 15 is 0 Å². The van der Waals surface area contributed by atoms with Crippen molar-refractivity contribution in [2.75, 3.05) is 23.0 Å². The molecule has 0 unspecified atom stereocenters. The Labute approximate surface area is 95.9 Å². The molecule has 0 spiro atoms. The number of sulfone groups is 1. The molecule has 0 aromatic heterocycles. The Morgan fingerprint density at radius 1 is 1.31 bits per heavy atom. The van der Waals surface area contributed by atoms with Crippen molar-refractivity contribution in [3.8, 4) is 0 Å².